The number of para-hydroxylation sites is 1. The van der Waals surface area contributed by atoms with Crippen LogP contribution in [0.2, 0.25) is 5.02 Å². The number of nitrogens with zero attached hydrogens (tertiary/aromatic N) is 2. The van der Waals surface area contributed by atoms with Crippen molar-refractivity contribution in [3.8, 4) is 5.75 Å². The molecule has 2 heterocycles. The molecule has 3 aromatic rings. The van der Waals surface area contributed by atoms with Crippen LogP contribution in [0, 0.1) is 0 Å². The van der Waals surface area contributed by atoms with Gasteiger partial charge in [-0.05, 0) is 36.4 Å². The highest BCUT2D eigenvalue weighted by atomic mass is 35.5. The number of hydrogen-bond acceptors (Lipinski definition) is 5. The van der Waals surface area contributed by atoms with Crippen LogP contribution in [0.25, 0.3) is 11.0 Å². The molecule has 1 aliphatic rings. The number of rotatable bonds is 5. The van der Waals surface area contributed by atoms with E-state index in [1.54, 1.807) is 35.2 Å². The summed E-state index contributed by atoms with van der Waals surface area (Å²) in [5.41, 5.74) is -0.0183. The summed E-state index contributed by atoms with van der Waals surface area (Å²) in [4.78, 5) is 29.0. The number of hydrogen-bond donors (Lipinski definition) is 0. The van der Waals surface area contributed by atoms with Crippen molar-refractivity contribution in [3.63, 3.8) is 0 Å². The molecule has 0 radical (unpaired) electrons. The van der Waals surface area contributed by atoms with E-state index in [1.165, 1.54) is 0 Å². The van der Waals surface area contributed by atoms with Gasteiger partial charge in [0.15, 0.2) is 0 Å². The zero-order valence-electron chi connectivity index (χ0n) is 15.8. The molecule has 0 unspecified atom stereocenters. The van der Waals surface area contributed by atoms with Gasteiger partial charge in [0, 0.05) is 43.1 Å². The van der Waals surface area contributed by atoms with Crippen molar-refractivity contribution in [3.05, 3.63) is 75.6 Å². The van der Waals surface area contributed by atoms with Gasteiger partial charge in [0.2, 0.25) is 0 Å². The summed E-state index contributed by atoms with van der Waals surface area (Å²) in [6.07, 6.45) is 0. The Kier molecular flexibility index (Phi) is 5.83. The zero-order valence-corrected chi connectivity index (χ0v) is 16.6. The predicted molar refractivity (Wildman–Crippen MR) is 112 cm³/mol. The van der Waals surface area contributed by atoms with E-state index in [1.807, 2.05) is 24.3 Å². The number of amides is 1. The molecule has 1 saturated heterocycles. The fraction of sp³-hybridized carbons (Fsp3) is 0.273. The molecule has 4 rings (SSSR count). The van der Waals surface area contributed by atoms with Crippen LogP contribution in [0.3, 0.4) is 0 Å². The lowest BCUT2D eigenvalue weighted by atomic mass is 10.1. The minimum absolute atomic E-state index is 0.0863. The maximum Gasteiger partial charge on any atom is 0.349 e. The average Bonchev–Trinajstić information content (AvgIpc) is 2.75. The molecular weight excluding hydrogens is 392 g/mol. The Morgan fingerprint density at radius 2 is 1.76 bits per heavy atom. The monoisotopic (exact) mass is 412 g/mol. The summed E-state index contributed by atoms with van der Waals surface area (Å²) in [6.45, 7) is 3.91. The first kappa shape index (κ1) is 19.5. The molecule has 6 nitrogen and oxygen atoms in total. The topological polar surface area (TPSA) is 63.0 Å². The molecule has 1 amide bonds. The molecule has 1 aliphatic heterocycles. The first-order valence-electron chi connectivity index (χ1n) is 9.53. The van der Waals surface area contributed by atoms with Gasteiger partial charge in [-0.3, -0.25) is 9.69 Å². The van der Waals surface area contributed by atoms with Gasteiger partial charge < -0.3 is 14.1 Å². The van der Waals surface area contributed by atoms with Crippen LogP contribution >= 0.6 is 11.6 Å². The highest BCUT2D eigenvalue weighted by Crippen LogP contribution is 2.16. The summed E-state index contributed by atoms with van der Waals surface area (Å²) >= 11 is 5.87. The maximum absolute atomic E-state index is 12.8. The van der Waals surface area contributed by atoms with E-state index < -0.39 is 5.63 Å². The van der Waals surface area contributed by atoms with Gasteiger partial charge in [-0.1, -0.05) is 29.8 Å². The molecule has 0 bridgehead atoms. The number of halogens is 1. The van der Waals surface area contributed by atoms with Gasteiger partial charge in [-0.25, -0.2) is 4.79 Å². The minimum Gasteiger partial charge on any atom is -0.492 e. The van der Waals surface area contributed by atoms with Crippen LogP contribution in [0.15, 0.2) is 63.8 Å². The van der Waals surface area contributed by atoms with Crippen molar-refractivity contribution in [2.24, 2.45) is 0 Å². The molecular formula is C22H21ClN2O4. The number of carbonyl (C=O) groups is 1. The van der Waals surface area contributed by atoms with Crippen molar-refractivity contribution < 1.29 is 13.9 Å². The highest BCUT2D eigenvalue weighted by Gasteiger charge is 2.24. The summed E-state index contributed by atoms with van der Waals surface area (Å²) < 4.78 is 11.0. The quantitative estimate of drug-likeness (QED) is 0.602. The van der Waals surface area contributed by atoms with E-state index in [0.29, 0.717) is 30.3 Å². The van der Waals surface area contributed by atoms with Crippen molar-refractivity contribution in [2.75, 3.05) is 39.3 Å². The molecule has 0 atom stereocenters. The smallest absolute Gasteiger partial charge is 0.349 e. The van der Waals surface area contributed by atoms with Crippen molar-refractivity contribution in [1.29, 1.82) is 0 Å². The predicted octanol–water partition coefficient (Wildman–Crippen LogP) is 3.28. The van der Waals surface area contributed by atoms with Crippen LogP contribution in [0.5, 0.6) is 5.75 Å². The van der Waals surface area contributed by atoms with E-state index in [2.05, 4.69) is 4.90 Å². The second-order valence-electron chi connectivity index (χ2n) is 6.92. The number of benzene rings is 2. The normalized spacial score (nSPS) is 14.9. The SMILES string of the molecule is O=C(c1cc2ccccc2oc1=O)N1CCN(CCOc2ccc(Cl)cc2)CC1. The Morgan fingerprint density at radius 3 is 2.52 bits per heavy atom. The number of ether oxygens (including phenoxy) is 1. The largest absolute Gasteiger partial charge is 0.492 e. The summed E-state index contributed by atoms with van der Waals surface area (Å²) in [6, 6.07) is 16.1. The Morgan fingerprint density at radius 1 is 1.03 bits per heavy atom. The Bertz CT molecular complexity index is 1060. The van der Waals surface area contributed by atoms with Crippen molar-refractivity contribution in [1.82, 2.24) is 9.80 Å². The second kappa shape index (κ2) is 8.68. The van der Waals surface area contributed by atoms with E-state index in [0.717, 1.165) is 30.8 Å². The van der Waals surface area contributed by atoms with E-state index in [-0.39, 0.29) is 11.5 Å². The molecule has 0 aliphatic carbocycles. The van der Waals surface area contributed by atoms with Gasteiger partial charge >= 0.3 is 5.63 Å². The Balaban J connectivity index is 1.31. The fourth-order valence-electron chi connectivity index (χ4n) is 3.38. The lowest BCUT2D eigenvalue weighted by Crippen LogP contribution is -2.50. The third-order valence-electron chi connectivity index (χ3n) is 5.02. The molecule has 2 aromatic carbocycles. The van der Waals surface area contributed by atoms with Gasteiger partial charge in [0.05, 0.1) is 0 Å². The van der Waals surface area contributed by atoms with Crippen LogP contribution in [0.4, 0.5) is 0 Å². The average molecular weight is 413 g/mol. The Labute approximate surface area is 173 Å². The molecule has 0 N–H and O–H groups in total. The zero-order chi connectivity index (χ0) is 20.2. The van der Waals surface area contributed by atoms with Gasteiger partial charge in [0.25, 0.3) is 5.91 Å². The third-order valence-corrected chi connectivity index (χ3v) is 5.27. The second-order valence-corrected chi connectivity index (χ2v) is 7.36. The first-order valence-corrected chi connectivity index (χ1v) is 9.91. The molecule has 0 saturated carbocycles. The molecule has 1 fully saturated rings. The first-order chi connectivity index (χ1) is 14.1. The number of piperazine rings is 1. The van der Waals surface area contributed by atoms with Gasteiger partial charge in [-0.2, -0.15) is 0 Å². The van der Waals surface area contributed by atoms with Crippen molar-refractivity contribution in [2.45, 2.75) is 0 Å². The van der Waals surface area contributed by atoms with Crippen molar-refractivity contribution >= 4 is 28.5 Å². The van der Waals surface area contributed by atoms with Crippen LogP contribution < -0.4 is 10.4 Å². The third kappa shape index (κ3) is 4.60. The van der Waals surface area contributed by atoms with E-state index in [9.17, 15) is 9.59 Å². The Hall–Kier alpha value is -2.83. The van der Waals surface area contributed by atoms with Crippen LogP contribution in [-0.4, -0.2) is 55.0 Å². The number of fused-ring (bicyclic) bond motifs is 1. The van der Waals surface area contributed by atoms with Gasteiger partial charge in [-0.15, -0.1) is 0 Å². The summed E-state index contributed by atoms with van der Waals surface area (Å²) in [7, 11) is 0. The molecule has 1 aromatic heterocycles. The fourth-order valence-corrected chi connectivity index (χ4v) is 3.51. The summed E-state index contributed by atoms with van der Waals surface area (Å²) in [5, 5.41) is 1.42. The van der Waals surface area contributed by atoms with Gasteiger partial charge in [0.1, 0.15) is 23.5 Å². The maximum atomic E-state index is 12.8. The lowest BCUT2D eigenvalue weighted by molar-refractivity contribution is 0.0616. The van der Waals surface area contributed by atoms with E-state index in [4.69, 9.17) is 20.8 Å². The summed E-state index contributed by atoms with van der Waals surface area (Å²) in [5.74, 6) is 0.507. The van der Waals surface area contributed by atoms with E-state index >= 15 is 0 Å². The molecule has 29 heavy (non-hydrogen) atoms. The van der Waals surface area contributed by atoms with Crippen LogP contribution in [0.1, 0.15) is 10.4 Å². The van der Waals surface area contributed by atoms with Crippen LogP contribution in [-0.2, 0) is 0 Å². The lowest BCUT2D eigenvalue weighted by Gasteiger charge is -2.34. The molecule has 7 heteroatoms. The molecule has 0 spiro atoms. The standard InChI is InChI=1S/C22H21ClN2O4/c23-17-5-7-18(8-6-17)28-14-13-24-9-11-25(12-10-24)21(26)19-15-16-3-1-2-4-20(16)29-22(19)27/h1-8,15H,9-14H2. The number of carbonyl (C=O) groups excluding carboxylic acids is 1. The molecule has 150 valence electrons. The minimum atomic E-state index is -0.590. The highest BCUT2D eigenvalue weighted by molar-refractivity contribution is 6.30.